The first-order valence-corrected chi connectivity index (χ1v) is 11.2. The molecule has 4 aromatic carbocycles. The van der Waals surface area contributed by atoms with E-state index in [9.17, 15) is 0 Å². The zero-order valence-corrected chi connectivity index (χ0v) is 16.8. The van der Waals surface area contributed by atoms with Gasteiger partial charge in [-0.05, 0) is 18.1 Å². The molecule has 0 amide bonds. The summed E-state index contributed by atoms with van der Waals surface area (Å²) < 4.78 is 15.2. The van der Waals surface area contributed by atoms with Gasteiger partial charge in [0.2, 0.25) is 0 Å². The quantitative estimate of drug-likeness (QED) is 0.389. The topological polar surface area (TPSA) is 17.1 Å². The van der Waals surface area contributed by atoms with E-state index >= 15 is 4.57 Å². The third-order valence-corrected chi connectivity index (χ3v) is 9.37. The Morgan fingerprint density at radius 2 is 0.786 bits per heavy atom. The maximum absolute atomic E-state index is 15.2. The minimum Gasteiger partial charge on any atom is -0.312 e. The van der Waals surface area contributed by atoms with Crippen LogP contribution in [0, 0.1) is 0 Å². The maximum Gasteiger partial charge on any atom is 0.157 e. The summed E-state index contributed by atoms with van der Waals surface area (Å²) >= 11 is 0. The zero-order valence-electron chi connectivity index (χ0n) is 15.9. The van der Waals surface area contributed by atoms with Crippen molar-refractivity contribution in [1.29, 1.82) is 0 Å². The Kier molecular flexibility index (Phi) is 5.03. The van der Waals surface area contributed by atoms with E-state index in [1.54, 1.807) is 0 Å². The van der Waals surface area contributed by atoms with Gasteiger partial charge in [0.1, 0.15) is 0 Å². The Bertz CT molecular complexity index is 991. The molecule has 0 aliphatic rings. The van der Waals surface area contributed by atoms with E-state index in [2.05, 4.69) is 31.2 Å². The van der Waals surface area contributed by atoms with Crippen molar-refractivity contribution in [2.75, 3.05) is 0 Å². The molecule has 0 fully saturated rings. The summed E-state index contributed by atoms with van der Waals surface area (Å²) in [5, 5.41) is 1.05. The van der Waals surface area contributed by atoms with Crippen molar-refractivity contribution in [3.8, 4) is 0 Å². The minimum absolute atomic E-state index is 0.696. The van der Waals surface area contributed by atoms with Crippen molar-refractivity contribution >= 4 is 17.8 Å². The van der Waals surface area contributed by atoms with E-state index in [1.807, 2.05) is 97.1 Å². The predicted octanol–water partition coefficient (Wildman–Crippen LogP) is 5.96. The maximum atomic E-state index is 15.2. The van der Waals surface area contributed by atoms with Crippen LogP contribution in [-0.4, -0.2) is 0 Å². The van der Waals surface area contributed by atoms with Crippen LogP contribution in [0.3, 0.4) is 0 Å². The molecule has 0 radical (unpaired) electrons. The molecule has 28 heavy (non-hydrogen) atoms. The first-order valence-electron chi connectivity index (χ1n) is 9.50. The molecule has 0 spiro atoms. The fourth-order valence-corrected chi connectivity index (χ4v) is 7.54. The van der Waals surface area contributed by atoms with Crippen molar-refractivity contribution in [2.24, 2.45) is 0 Å². The van der Waals surface area contributed by atoms with Crippen molar-refractivity contribution in [2.45, 2.75) is 12.1 Å². The second-order valence-electron chi connectivity index (χ2n) is 7.08. The molecule has 0 saturated heterocycles. The molecule has 0 aliphatic carbocycles. The van der Waals surface area contributed by atoms with Crippen LogP contribution < -0.4 is 10.6 Å². The fourth-order valence-electron chi connectivity index (χ4n) is 4.00. The summed E-state index contributed by atoms with van der Waals surface area (Å²) in [6, 6.07) is 40.3. The number of hydrogen-bond acceptors (Lipinski definition) is 1. The Morgan fingerprint density at radius 1 is 0.500 bits per heavy atom. The number of benzene rings is 4. The van der Waals surface area contributed by atoms with Gasteiger partial charge < -0.3 is 4.57 Å². The van der Waals surface area contributed by atoms with Crippen molar-refractivity contribution < 1.29 is 4.57 Å². The third-order valence-electron chi connectivity index (χ3n) is 5.54. The molecular formula is C26H23OP. The molecule has 0 atom stereocenters. The van der Waals surface area contributed by atoms with Crippen molar-refractivity contribution in [3.63, 3.8) is 0 Å². The van der Waals surface area contributed by atoms with E-state index in [0.717, 1.165) is 21.7 Å². The number of hydrogen-bond donors (Lipinski definition) is 0. The lowest BCUT2D eigenvalue weighted by Crippen LogP contribution is -2.34. The van der Waals surface area contributed by atoms with Crippen LogP contribution in [0.2, 0.25) is 0 Å². The molecule has 0 N–H and O–H groups in total. The van der Waals surface area contributed by atoms with Gasteiger partial charge in [-0.15, -0.1) is 0 Å². The van der Waals surface area contributed by atoms with Crippen LogP contribution in [0.25, 0.3) is 0 Å². The Hall–Kier alpha value is -2.89. The number of rotatable bonds is 5. The van der Waals surface area contributed by atoms with E-state index in [4.69, 9.17) is 0 Å². The highest BCUT2D eigenvalue weighted by Gasteiger charge is 2.49. The van der Waals surface area contributed by atoms with Crippen molar-refractivity contribution in [1.82, 2.24) is 0 Å². The van der Waals surface area contributed by atoms with E-state index in [-0.39, 0.29) is 0 Å². The summed E-state index contributed by atoms with van der Waals surface area (Å²) in [5.41, 5.74) is 2.11. The molecule has 138 valence electrons. The zero-order chi connectivity index (χ0) is 19.5. The molecule has 4 rings (SSSR count). The van der Waals surface area contributed by atoms with Crippen LogP contribution in [0.4, 0.5) is 0 Å². The summed E-state index contributed by atoms with van der Waals surface area (Å²) in [4.78, 5) is 0. The van der Waals surface area contributed by atoms with Gasteiger partial charge in [0.05, 0.1) is 5.16 Å². The Balaban J connectivity index is 2.11. The Labute approximate surface area is 167 Å². The monoisotopic (exact) mass is 382 g/mol. The lowest BCUT2D eigenvalue weighted by atomic mass is 9.92. The predicted molar refractivity (Wildman–Crippen MR) is 119 cm³/mol. The van der Waals surface area contributed by atoms with Crippen LogP contribution in [0.5, 0.6) is 0 Å². The van der Waals surface area contributed by atoms with Crippen LogP contribution in [0.1, 0.15) is 18.1 Å². The van der Waals surface area contributed by atoms with E-state index < -0.39 is 12.3 Å². The van der Waals surface area contributed by atoms with Crippen LogP contribution in [-0.2, 0) is 9.72 Å². The smallest absolute Gasteiger partial charge is 0.157 e. The van der Waals surface area contributed by atoms with Crippen LogP contribution >= 0.6 is 7.14 Å². The van der Waals surface area contributed by atoms with Gasteiger partial charge in [-0.3, -0.25) is 0 Å². The first kappa shape index (κ1) is 18.5. The van der Waals surface area contributed by atoms with Gasteiger partial charge >= 0.3 is 0 Å². The summed E-state index contributed by atoms with van der Waals surface area (Å²) in [7, 11) is -3.09. The van der Waals surface area contributed by atoms with Gasteiger partial charge in [0, 0.05) is 10.6 Å². The molecule has 0 aromatic heterocycles. The molecule has 2 heteroatoms. The molecule has 0 saturated carbocycles. The standard InChI is InChI=1S/C26H23OP/c1-26(22-14-6-2-7-15-22,23-16-8-3-9-17-23)28(27,24-18-10-4-11-19-24)25-20-12-5-13-21-25/h2-21H,1H3. The summed E-state index contributed by atoms with van der Waals surface area (Å²) in [6.45, 7) is 2.12. The molecule has 0 unspecified atom stereocenters. The van der Waals surface area contributed by atoms with Gasteiger partial charge in [0.25, 0.3) is 0 Å². The second kappa shape index (κ2) is 7.62. The molecule has 0 aliphatic heterocycles. The minimum atomic E-state index is -3.09. The van der Waals surface area contributed by atoms with E-state index in [1.165, 1.54) is 0 Å². The molecule has 0 heterocycles. The summed E-state index contributed by atoms with van der Waals surface area (Å²) in [6.07, 6.45) is 0. The van der Waals surface area contributed by atoms with Gasteiger partial charge in [-0.2, -0.15) is 0 Å². The lowest BCUT2D eigenvalue weighted by Gasteiger charge is -2.39. The average Bonchev–Trinajstić information content (AvgIpc) is 2.80. The molecule has 1 nitrogen and oxygen atoms in total. The normalized spacial score (nSPS) is 11.9. The SMILES string of the molecule is CC(c1ccccc1)(c1ccccc1)P(=O)(c1ccccc1)c1ccccc1. The average molecular weight is 382 g/mol. The third kappa shape index (κ3) is 2.93. The van der Waals surface area contributed by atoms with Gasteiger partial charge in [-0.25, -0.2) is 0 Å². The van der Waals surface area contributed by atoms with Gasteiger partial charge in [0.15, 0.2) is 7.14 Å². The fraction of sp³-hybridized carbons (Fsp3) is 0.0769. The molecular weight excluding hydrogens is 359 g/mol. The highest BCUT2D eigenvalue weighted by molar-refractivity contribution is 7.79. The Morgan fingerprint density at radius 3 is 1.11 bits per heavy atom. The highest BCUT2D eigenvalue weighted by Crippen LogP contribution is 2.64. The first-order chi connectivity index (χ1) is 13.7. The lowest BCUT2D eigenvalue weighted by molar-refractivity contribution is 0.567. The molecule has 4 aromatic rings. The largest absolute Gasteiger partial charge is 0.312 e. The van der Waals surface area contributed by atoms with Gasteiger partial charge in [-0.1, -0.05) is 121 Å². The van der Waals surface area contributed by atoms with E-state index in [0.29, 0.717) is 0 Å². The highest BCUT2D eigenvalue weighted by atomic mass is 31.2. The van der Waals surface area contributed by atoms with Crippen molar-refractivity contribution in [3.05, 3.63) is 132 Å². The summed E-state index contributed by atoms with van der Waals surface area (Å²) in [5.74, 6) is 0. The van der Waals surface area contributed by atoms with Crippen LogP contribution in [0.15, 0.2) is 121 Å². The second-order valence-corrected chi connectivity index (χ2v) is 10.2. The molecule has 0 bridgehead atoms.